The van der Waals surface area contributed by atoms with Gasteiger partial charge in [-0.15, -0.1) is 0 Å². The van der Waals surface area contributed by atoms with Gasteiger partial charge in [0.15, 0.2) is 0 Å². The van der Waals surface area contributed by atoms with Crippen LogP contribution in [0.5, 0.6) is 0 Å². The monoisotopic (exact) mass is 412 g/mol. The standard InChI is InChI=1S/C14H10Br2N2O3/c1-7-3-2-4-17-11(7)13(19)18-12-9(14(20)21)5-8(15)6-10(12)16/h2-6H,1H3,(H,18,19)(H,20,21). The molecule has 0 atom stereocenters. The van der Waals surface area contributed by atoms with Crippen LogP contribution in [0.3, 0.4) is 0 Å². The predicted molar refractivity (Wildman–Crippen MR) is 85.7 cm³/mol. The molecular formula is C14H10Br2N2O3. The molecule has 2 aromatic rings. The fourth-order valence-electron chi connectivity index (χ4n) is 1.77. The molecule has 1 aromatic carbocycles. The van der Waals surface area contributed by atoms with Crippen LogP contribution >= 0.6 is 31.9 Å². The van der Waals surface area contributed by atoms with Crippen molar-refractivity contribution in [1.82, 2.24) is 4.98 Å². The summed E-state index contributed by atoms with van der Waals surface area (Å²) in [6.45, 7) is 1.76. The Kier molecular flexibility index (Phi) is 4.74. The number of nitrogens with one attached hydrogen (secondary N) is 1. The molecule has 7 heteroatoms. The summed E-state index contributed by atoms with van der Waals surface area (Å²) < 4.78 is 1.06. The van der Waals surface area contributed by atoms with Crippen LogP contribution in [0.1, 0.15) is 26.4 Å². The highest BCUT2D eigenvalue weighted by Crippen LogP contribution is 2.31. The molecule has 1 heterocycles. The minimum absolute atomic E-state index is 0.0156. The lowest BCUT2D eigenvalue weighted by molar-refractivity contribution is 0.0698. The number of carbonyl (C=O) groups is 2. The highest BCUT2D eigenvalue weighted by Gasteiger charge is 2.19. The largest absolute Gasteiger partial charge is 0.478 e. The van der Waals surface area contributed by atoms with Gasteiger partial charge in [-0.05, 0) is 46.6 Å². The highest BCUT2D eigenvalue weighted by atomic mass is 79.9. The smallest absolute Gasteiger partial charge is 0.337 e. The van der Waals surface area contributed by atoms with Gasteiger partial charge in [0.05, 0.1) is 11.3 Å². The van der Waals surface area contributed by atoms with Gasteiger partial charge in [0.1, 0.15) is 5.69 Å². The zero-order chi connectivity index (χ0) is 15.6. The van der Waals surface area contributed by atoms with E-state index in [9.17, 15) is 14.7 Å². The molecule has 0 radical (unpaired) electrons. The number of nitrogens with zero attached hydrogens (tertiary/aromatic N) is 1. The molecule has 5 nitrogen and oxygen atoms in total. The molecule has 1 amide bonds. The number of aromatic nitrogens is 1. The van der Waals surface area contributed by atoms with Crippen molar-refractivity contribution >= 4 is 49.4 Å². The van der Waals surface area contributed by atoms with Crippen LogP contribution < -0.4 is 5.32 Å². The van der Waals surface area contributed by atoms with Gasteiger partial charge >= 0.3 is 5.97 Å². The van der Waals surface area contributed by atoms with Gasteiger partial charge in [-0.3, -0.25) is 9.78 Å². The van der Waals surface area contributed by atoms with Crippen molar-refractivity contribution < 1.29 is 14.7 Å². The first-order chi connectivity index (χ1) is 9.90. The molecule has 1 aromatic heterocycles. The van der Waals surface area contributed by atoms with Crippen molar-refractivity contribution in [2.45, 2.75) is 6.92 Å². The van der Waals surface area contributed by atoms with Crippen molar-refractivity contribution in [3.8, 4) is 0 Å². The molecule has 0 bridgehead atoms. The van der Waals surface area contributed by atoms with Crippen molar-refractivity contribution in [3.05, 3.63) is 56.2 Å². The molecule has 0 spiro atoms. The Balaban J connectivity index is 2.42. The molecule has 2 N–H and O–H groups in total. The van der Waals surface area contributed by atoms with Crippen LogP contribution in [0.4, 0.5) is 5.69 Å². The highest BCUT2D eigenvalue weighted by molar-refractivity contribution is 9.11. The van der Waals surface area contributed by atoms with E-state index in [1.165, 1.54) is 12.3 Å². The van der Waals surface area contributed by atoms with Gasteiger partial charge in [-0.1, -0.05) is 22.0 Å². The summed E-state index contributed by atoms with van der Waals surface area (Å²) in [6.07, 6.45) is 1.51. The summed E-state index contributed by atoms with van der Waals surface area (Å²) in [7, 11) is 0. The fraction of sp³-hybridized carbons (Fsp3) is 0.0714. The number of pyridine rings is 1. The zero-order valence-electron chi connectivity index (χ0n) is 10.9. The van der Waals surface area contributed by atoms with Gasteiger partial charge in [0, 0.05) is 15.1 Å². The Bertz CT molecular complexity index is 732. The van der Waals surface area contributed by atoms with E-state index in [0.29, 0.717) is 14.5 Å². The van der Waals surface area contributed by atoms with Crippen molar-refractivity contribution in [2.24, 2.45) is 0 Å². The third-order valence-corrected chi connectivity index (χ3v) is 3.83. The van der Waals surface area contributed by atoms with Crippen LogP contribution in [-0.4, -0.2) is 22.0 Å². The first-order valence-corrected chi connectivity index (χ1v) is 7.44. The molecule has 0 aliphatic rings. The molecule has 21 heavy (non-hydrogen) atoms. The molecule has 0 fully saturated rings. The number of aromatic carboxylic acids is 1. The SMILES string of the molecule is Cc1cccnc1C(=O)Nc1c(Br)cc(Br)cc1C(=O)O. The van der Waals surface area contributed by atoms with E-state index in [-0.39, 0.29) is 16.9 Å². The molecule has 2 rings (SSSR count). The topological polar surface area (TPSA) is 79.3 Å². The lowest BCUT2D eigenvalue weighted by atomic mass is 10.1. The van der Waals surface area contributed by atoms with Gasteiger partial charge < -0.3 is 10.4 Å². The number of halogens is 2. The predicted octanol–water partition coefficient (Wildman–Crippen LogP) is 3.87. The van der Waals surface area contributed by atoms with Crippen LogP contribution in [0, 0.1) is 6.92 Å². The summed E-state index contributed by atoms with van der Waals surface area (Å²) in [5, 5.41) is 11.8. The Morgan fingerprint density at radius 2 is 2.00 bits per heavy atom. The van der Waals surface area contributed by atoms with Crippen LogP contribution in [0.25, 0.3) is 0 Å². The van der Waals surface area contributed by atoms with Crippen molar-refractivity contribution in [1.29, 1.82) is 0 Å². The number of carboxylic acids is 1. The summed E-state index contributed by atoms with van der Waals surface area (Å²) >= 11 is 6.48. The minimum atomic E-state index is -1.13. The maximum Gasteiger partial charge on any atom is 0.337 e. The van der Waals surface area contributed by atoms with E-state index in [1.54, 1.807) is 25.1 Å². The first kappa shape index (κ1) is 15.7. The average molecular weight is 414 g/mol. The van der Waals surface area contributed by atoms with E-state index in [0.717, 1.165) is 0 Å². The fourth-order valence-corrected chi connectivity index (χ4v) is 3.09. The molecule has 0 saturated carbocycles. The van der Waals surface area contributed by atoms with E-state index in [2.05, 4.69) is 42.2 Å². The third-order valence-electron chi connectivity index (χ3n) is 2.75. The number of carbonyl (C=O) groups excluding carboxylic acids is 1. The Labute approximate surface area is 137 Å². The van der Waals surface area contributed by atoms with Crippen LogP contribution in [-0.2, 0) is 0 Å². The summed E-state index contributed by atoms with van der Waals surface area (Å²) in [5.74, 6) is -1.59. The van der Waals surface area contributed by atoms with Crippen LogP contribution in [0.2, 0.25) is 0 Å². The van der Waals surface area contributed by atoms with E-state index < -0.39 is 11.9 Å². The molecule has 0 unspecified atom stereocenters. The van der Waals surface area contributed by atoms with Crippen LogP contribution in [0.15, 0.2) is 39.4 Å². The molecule has 0 saturated heterocycles. The van der Waals surface area contributed by atoms with Crippen molar-refractivity contribution in [2.75, 3.05) is 5.32 Å². The van der Waals surface area contributed by atoms with Gasteiger partial charge in [-0.25, -0.2) is 4.79 Å². The first-order valence-electron chi connectivity index (χ1n) is 5.85. The van der Waals surface area contributed by atoms with E-state index >= 15 is 0 Å². The second kappa shape index (κ2) is 6.36. The Morgan fingerprint density at radius 3 is 2.62 bits per heavy atom. The molecular weight excluding hydrogens is 404 g/mol. The number of hydrogen-bond donors (Lipinski definition) is 2. The second-order valence-corrected chi connectivity index (χ2v) is 6.01. The third kappa shape index (κ3) is 3.48. The lowest BCUT2D eigenvalue weighted by Crippen LogP contribution is -2.17. The molecule has 108 valence electrons. The van der Waals surface area contributed by atoms with E-state index in [4.69, 9.17) is 0 Å². The Morgan fingerprint density at radius 1 is 1.29 bits per heavy atom. The van der Waals surface area contributed by atoms with E-state index in [1.807, 2.05) is 0 Å². The molecule has 0 aliphatic carbocycles. The number of amides is 1. The summed E-state index contributed by atoms with van der Waals surface area (Å²) in [5.41, 5.74) is 1.14. The van der Waals surface area contributed by atoms with Gasteiger partial charge in [-0.2, -0.15) is 0 Å². The lowest BCUT2D eigenvalue weighted by Gasteiger charge is -2.12. The minimum Gasteiger partial charge on any atom is -0.478 e. The molecule has 0 aliphatic heterocycles. The maximum atomic E-state index is 12.2. The zero-order valence-corrected chi connectivity index (χ0v) is 14.0. The average Bonchev–Trinajstić information content (AvgIpc) is 2.41. The Hall–Kier alpha value is -1.73. The number of aryl methyl sites for hydroxylation is 1. The van der Waals surface area contributed by atoms with Crippen molar-refractivity contribution in [3.63, 3.8) is 0 Å². The van der Waals surface area contributed by atoms with Gasteiger partial charge in [0.25, 0.3) is 5.91 Å². The quantitative estimate of drug-likeness (QED) is 0.800. The number of rotatable bonds is 3. The van der Waals surface area contributed by atoms with Gasteiger partial charge in [0.2, 0.25) is 0 Å². The number of carboxylic acid groups (broad SMARTS) is 1. The number of hydrogen-bond acceptors (Lipinski definition) is 3. The summed E-state index contributed by atoms with van der Waals surface area (Å²) in [4.78, 5) is 27.6. The summed E-state index contributed by atoms with van der Waals surface area (Å²) in [6, 6.07) is 6.57. The second-order valence-electron chi connectivity index (χ2n) is 4.24. The number of benzene rings is 1. The normalized spacial score (nSPS) is 10.2. The maximum absolute atomic E-state index is 12.2. The number of anilines is 1.